The number of rotatable bonds is 5. The van der Waals surface area contributed by atoms with E-state index >= 15 is 0 Å². The molecule has 0 saturated carbocycles. The van der Waals surface area contributed by atoms with Crippen LogP contribution in [0, 0.1) is 0 Å². The zero-order valence-electron chi connectivity index (χ0n) is 10.1. The van der Waals surface area contributed by atoms with Gasteiger partial charge in [-0.3, -0.25) is 4.79 Å². The standard InChI is InChI=1S/C11H18N4O2/c1-2-4-15-11(8-3-5-17-7-8)9(13-14-15)6-10(12)16/h8H,2-7H2,1H3,(H2,12,16). The van der Waals surface area contributed by atoms with Gasteiger partial charge in [0.15, 0.2) is 0 Å². The number of ether oxygens (including phenoxy) is 1. The van der Waals surface area contributed by atoms with Crippen LogP contribution in [-0.4, -0.2) is 34.1 Å². The smallest absolute Gasteiger partial charge is 0.223 e. The Bertz CT molecular complexity index is 396. The first-order valence-electron chi connectivity index (χ1n) is 6.00. The highest BCUT2D eigenvalue weighted by atomic mass is 16.5. The van der Waals surface area contributed by atoms with Crippen molar-refractivity contribution in [1.29, 1.82) is 0 Å². The number of nitrogens with zero attached hydrogens (tertiary/aromatic N) is 3. The van der Waals surface area contributed by atoms with E-state index in [4.69, 9.17) is 10.5 Å². The molecule has 1 aromatic heterocycles. The molecule has 94 valence electrons. The van der Waals surface area contributed by atoms with Crippen molar-refractivity contribution in [2.45, 2.75) is 38.6 Å². The summed E-state index contributed by atoms with van der Waals surface area (Å²) in [5.74, 6) is -0.0698. The Morgan fingerprint density at radius 2 is 2.47 bits per heavy atom. The number of aryl methyl sites for hydroxylation is 1. The highest BCUT2D eigenvalue weighted by Crippen LogP contribution is 2.27. The highest BCUT2D eigenvalue weighted by molar-refractivity contribution is 5.76. The quantitative estimate of drug-likeness (QED) is 0.795. The Morgan fingerprint density at radius 1 is 1.65 bits per heavy atom. The third-order valence-corrected chi connectivity index (χ3v) is 2.94. The summed E-state index contributed by atoms with van der Waals surface area (Å²) >= 11 is 0. The summed E-state index contributed by atoms with van der Waals surface area (Å²) in [4.78, 5) is 11.0. The molecule has 0 aromatic carbocycles. The first-order valence-corrected chi connectivity index (χ1v) is 6.00. The molecule has 2 N–H and O–H groups in total. The topological polar surface area (TPSA) is 83.0 Å². The lowest BCUT2D eigenvalue weighted by molar-refractivity contribution is -0.117. The maximum absolute atomic E-state index is 11.0. The Labute approximate surface area is 100 Å². The van der Waals surface area contributed by atoms with Crippen molar-refractivity contribution in [3.63, 3.8) is 0 Å². The van der Waals surface area contributed by atoms with Gasteiger partial charge in [-0.2, -0.15) is 0 Å². The van der Waals surface area contributed by atoms with Crippen LogP contribution in [0.4, 0.5) is 0 Å². The van der Waals surface area contributed by atoms with E-state index in [2.05, 4.69) is 17.2 Å². The molecule has 1 fully saturated rings. The van der Waals surface area contributed by atoms with Gasteiger partial charge in [-0.25, -0.2) is 4.68 Å². The molecule has 1 amide bonds. The average molecular weight is 238 g/mol. The molecular formula is C11H18N4O2. The third-order valence-electron chi connectivity index (χ3n) is 2.94. The summed E-state index contributed by atoms with van der Waals surface area (Å²) < 4.78 is 7.28. The van der Waals surface area contributed by atoms with Crippen LogP contribution in [0.5, 0.6) is 0 Å². The van der Waals surface area contributed by atoms with Crippen molar-refractivity contribution < 1.29 is 9.53 Å². The zero-order chi connectivity index (χ0) is 12.3. The lowest BCUT2D eigenvalue weighted by atomic mass is 10.0. The summed E-state index contributed by atoms with van der Waals surface area (Å²) in [5, 5.41) is 8.18. The largest absolute Gasteiger partial charge is 0.381 e. The van der Waals surface area contributed by atoms with Crippen molar-refractivity contribution in [2.24, 2.45) is 5.73 Å². The molecule has 0 bridgehead atoms. The molecule has 0 aliphatic carbocycles. The maximum Gasteiger partial charge on any atom is 0.223 e. The van der Waals surface area contributed by atoms with Gasteiger partial charge in [-0.05, 0) is 12.8 Å². The van der Waals surface area contributed by atoms with Gasteiger partial charge >= 0.3 is 0 Å². The van der Waals surface area contributed by atoms with E-state index in [1.54, 1.807) is 0 Å². The molecule has 2 rings (SSSR count). The Morgan fingerprint density at radius 3 is 3.06 bits per heavy atom. The minimum atomic E-state index is -0.367. The molecule has 0 radical (unpaired) electrons. The number of carbonyl (C=O) groups excluding carboxylic acids is 1. The second-order valence-corrected chi connectivity index (χ2v) is 4.35. The lowest BCUT2D eigenvalue weighted by Crippen LogP contribution is -2.17. The van der Waals surface area contributed by atoms with Crippen LogP contribution in [0.3, 0.4) is 0 Å². The Hall–Kier alpha value is -1.43. The third kappa shape index (κ3) is 2.63. The number of primary amides is 1. The predicted octanol–water partition coefficient (Wildman–Crippen LogP) is 0.220. The zero-order valence-corrected chi connectivity index (χ0v) is 10.1. The van der Waals surface area contributed by atoms with Crippen molar-refractivity contribution in [2.75, 3.05) is 13.2 Å². The minimum absolute atomic E-state index is 0.162. The van der Waals surface area contributed by atoms with Crippen molar-refractivity contribution in [1.82, 2.24) is 15.0 Å². The van der Waals surface area contributed by atoms with Crippen molar-refractivity contribution in [3.8, 4) is 0 Å². The van der Waals surface area contributed by atoms with Gasteiger partial charge in [0.05, 0.1) is 24.4 Å². The number of hydrogen-bond acceptors (Lipinski definition) is 4. The molecule has 0 spiro atoms. The number of hydrogen-bond donors (Lipinski definition) is 1. The maximum atomic E-state index is 11.0. The summed E-state index contributed by atoms with van der Waals surface area (Å²) in [6, 6.07) is 0. The van der Waals surface area contributed by atoms with E-state index in [-0.39, 0.29) is 12.3 Å². The predicted molar refractivity (Wildman–Crippen MR) is 61.4 cm³/mol. The number of amides is 1. The van der Waals surface area contributed by atoms with Crippen LogP contribution in [-0.2, 0) is 22.5 Å². The van der Waals surface area contributed by atoms with Gasteiger partial charge in [0.25, 0.3) is 0 Å². The van der Waals surface area contributed by atoms with Gasteiger partial charge in [-0.15, -0.1) is 5.10 Å². The van der Waals surface area contributed by atoms with Crippen LogP contribution in [0.15, 0.2) is 0 Å². The van der Waals surface area contributed by atoms with Crippen LogP contribution in [0.1, 0.15) is 37.1 Å². The van der Waals surface area contributed by atoms with Crippen LogP contribution in [0.2, 0.25) is 0 Å². The van der Waals surface area contributed by atoms with Crippen LogP contribution in [0.25, 0.3) is 0 Å². The van der Waals surface area contributed by atoms with Crippen molar-refractivity contribution in [3.05, 3.63) is 11.4 Å². The second kappa shape index (κ2) is 5.27. The first kappa shape index (κ1) is 12.0. The van der Waals surface area contributed by atoms with Gasteiger partial charge in [0, 0.05) is 19.1 Å². The molecule has 6 nitrogen and oxygen atoms in total. The Balaban J connectivity index is 2.28. The normalized spacial score (nSPS) is 19.7. The molecular weight excluding hydrogens is 220 g/mol. The van der Waals surface area contributed by atoms with Gasteiger partial charge in [0.2, 0.25) is 5.91 Å². The molecule has 1 aromatic rings. The molecule has 1 unspecified atom stereocenters. The SMILES string of the molecule is CCCn1nnc(CC(N)=O)c1C1CCOC1. The van der Waals surface area contributed by atoms with E-state index in [0.29, 0.717) is 18.2 Å². The highest BCUT2D eigenvalue weighted by Gasteiger charge is 2.26. The second-order valence-electron chi connectivity index (χ2n) is 4.35. The first-order chi connectivity index (χ1) is 8.22. The van der Waals surface area contributed by atoms with E-state index in [1.807, 2.05) is 4.68 Å². The number of aromatic nitrogens is 3. The number of nitrogens with two attached hydrogens (primary N) is 1. The molecule has 1 atom stereocenters. The van der Waals surface area contributed by atoms with Gasteiger partial charge < -0.3 is 10.5 Å². The van der Waals surface area contributed by atoms with Crippen LogP contribution < -0.4 is 5.73 Å². The molecule has 6 heteroatoms. The minimum Gasteiger partial charge on any atom is -0.381 e. The van der Waals surface area contributed by atoms with E-state index < -0.39 is 0 Å². The summed E-state index contributed by atoms with van der Waals surface area (Å²) in [7, 11) is 0. The van der Waals surface area contributed by atoms with E-state index in [1.165, 1.54) is 0 Å². The fourth-order valence-corrected chi connectivity index (χ4v) is 2.22. The van der Waals surface area contributed by atoms with Crippen LogP contribution >= 0.6 is 0 Å². The summed E-state index contributed by atoms with van der Waals surface area (Å²) in [6.07, 6.45) is 2.11. The molecule has 2 heterocycles. The molecule has 17 heavy (non-hydrogen) atoms. The molecule has 1 saturated heterocycles. The monoisotopic (exact) mass is 238 g/mol. The van der Waals surface area contributed by atoms with E-state index in [9.17, 15) is 4.79 Å². The summed E-state index contributed by atoms with van der Waals surface area (Å²) in [6.45, 7) is 4.35. The molecule has 1 aliphatic heterocycles. The lowest BCUT2D eigenvalue weighted by Gasteiger charge is -2.11. The fraction of sp³-hybridized carbons (Fsp3) is 0.727. The van der Waals surface area contributed by atoms with Crippen molar-refractivity contribution >= 4 is 5.91 Å². The summed E-state index contributed by atoms with van der Waals surface area (Å²) in [5.41, 5.74) is 6.97. The van der Waals surface area contributed by atoms with E-state index in [0.717, 1.165) is 31.7 Å². The fourth-order valence-electron chi connectivity index (χ4n) is 2.22. The van der Waals surface area contributed by atoms with Gasteiger partial charge in [0.1, 0.15) is 0 Å². The number of carbonyl (C=O) groups is 1. The average Bonchev–Trinajstić information content (AvgIpc) is 2.87. The van der Waals surface area contributed by atoms with Gasteiger partial charge in [-0.1, -0.05) is 12.1 Å². The molecule has 1 aliphatic rings. The Kier molecular flexibility index (Phi) is 3.73.